The van der Waals surface area contributed by atoms with Gasteiger partial charge in [-0.15, -0.1) is 0 Å². The molecule has 3 amide bonds. The number of imide groups is 1. The Morgan fingerprint density at radius 1 is 1.29 bits per heavy atom. The first-order valence-corrected chi connectivity index (χ1v) is 6.53. The number of urea groups is 1. The van der Waals surface area contributed by atoms with E-state index in [2.05, 4.69) is 17.4 Å². The Morgan fingerprint density at radius 2 is 2.00 bits per heavy atom. The van der Waals surface area contributed by atoms with Gasteiger partial charge in [-0.2, -0.15) is 11.8 Å². The second kappa shape index (κ2) is 5.23. The van der Waals surface area contributed by atoms with E-state index in [0.717, 1.165) is 5.75 Å². The molecule has 0 aromatic heterocycles. The number of hydrogen-bond acceptors (Lipinski definition) is 3. The average Bonchev–Trinajstić information content (AvgIpc) is 2.57. The zero-order chi connectivity index (χ0) is 12.3. The molecular formula is C12H14N2O2S. The average molecular weight is 250 g/mol. The van der Waals surface area contributed by atoms with Gasteiger partial charge in [0.25, 0.3) is 5.91 Å². The fourth-order valence-corrected chi connectivity index (χ4v) is 2.79. The lowest BCUT2D eigenvalue weighted by atomic mass is 10.2. The highest BCUT2D eigenvalue weighted by Crippen LogP contribution is 2.17. The molecule has 0 radical (unpaired) electrons. The molecule has 1 fully saturated rings. The monoisotopic (exact) mass is 250 g/mol. The second-order valence-corrected chi connectivity index (χ2v) is 4.95. The fraction of sp³-hybridized carbons (Fsp3) is 0.333. The summed E-state index contributed by atoms with van der Waals surface area (Å²) in [5, 5.41) is 2.30. The third kappa shape index (κ3) is 2.79. The maximum absolute atomic E-state index is 11.5. The maximum atomic E-state index is 11.5. The largest absolute Gasteiger partial charge is 0.324 e. The molecule has 1 N–H and O–H groups in total. The fourth-order valence-electron chi connectivity index (χ4n) is 1.64. The Bertz CT molecular complexity index is 422. The Hall–Kier alpha value is -1.49. The topological polar surface area (TPSA) is 49.4 Å². The summed E-state index contributed by atoms with van der Waals surface area (Å²) in [5.41, 5.74) is 1.23. The number of carbonyl (C=O) groups excluding carboxylic acids is 2. The molecule has 1 atom stereocenters. The van der Waals surface area contributed by atoms with Crippen LogP contribution in [0.4, 0.5) is 4.79 Å². The van der Waals surface area contributed by atoms with Crippen LogP contribution in [0.25, 0.3) is 0 Å². The van der Waals surface area contributed by atoms with Gasteiger partial charge >= 0.3 is 6.03 Å². The van der Waals surface area contributed by atoms with Crippen molar-refractivity contribution in [1.29, 1.82) is 0 Å². The minimum Gasteiger partial charge on any atom is -0.315 e. The smallest absolute Gasteiger partial charge is 0.315 e. The van der Waals surface area contributed by atoms with Gasteiger partial charge in [0.15, 0.2) is 0 Å². The van der Waals surface area contributed by atoms with E-state index in [1.54, 1.807) is 18.8 Å². The molecule has 17 heavy (non-hydrogen) atoms. The van der Waals surface area contributed by atoms with Crippen molar-refractivity contribution in [2.75, 3.05) is 12.8 Å². The van der Waals surface area contributed by atoms with Crippen LogP contribution in [-0.4, -0.2) is 35.7 Å². The van der Waals surface area contributed by atoms with Gasteiger partial charge in [0.2, 0.25) is 0 Å². The molecule has 0 spiro atoms. The van der Waals surface area contributed by atoms with E-state index in [1.165, 1.54) is 10.5 Å². The van der Waals surface area contributed by atoms with Crippen LogP contribution < -0.4 is 5.32 Å². The number of thioether (sulfide) groups is 1. The Balaban J connectivity index is 1.83. The number of rotatable bonds is 4. The number of likely N-dealkylation sites (N-methyl/N-ethyl adjacent to an activating group) is 1. The van der Waals surface area contributed by atoms with Crippen LogP contribution in [0, 0.1) is 0 Å². The summed E-state index contributed by atoms with van der Waals surface area (Å²) >= 11 is 1.66. The molecule has 1 aliphatic rings. The Kier molecular flexibility index (Phi) is 3.68. The van der Waals surface area contributed by atoms with Gasteiger partial charge < -0.3 is 4.90 Å². The zero-order valence-electron chi connectivity index (χ0n) is 9.55. The summed E-state index contributed by atoms with van der Waals surface area (Å²) in [5.74, 6) is 1.29. The molecule has 1 aromatic rings. The third-order valence-electron chi connectivity index (χ3n) is 2.71. The number of benzene rings is 1. The van der Waals surface area contributed by atoms with E-state index in [1.807, 2.05) is 18.2 Å². The van der Waals surface area contributed by atoms with E-state index in [0.29, 0.717) is 5.75 Å². The SMILES string of the molecule is CN1C(=O)NC(=O)C1CSCc1ccccc1. The van der Waals surface area contributed by atoms with Crippen molar-refractivity contribution in [2.45, 2.75) is 11.8 Å². The van der Waals surface area contributed by atoms with Gasteiger partial charge in [0.1, 0.15) is 6.04 Å². The molecule has 2 rings (SSSR count). The van der Waals surface area contributed by atoms with Crippen molar-refractivity contribution < 1.29 is 9.59 Å². The number of amides is 3. The Labute approximate surface area is 104 Å². The van der Waals surface area contributed by atoms with E-state index in [-0.39, 0.29) is 18.0 Å². The number of nitrogens with one attached hydrogen (secondary N) is 1. The minimum atomic E-state index is -0.337. The number of carbonyl (C=O) groups is 2. The standard InChI is InChI=1S/C12H14N2O2S/c1-14-10(11(15)13-12(14)16)8-17-7-9-5-3-2-4-6-9/h2-6,10H,7-8H2,1H3,(H,13,15,16). The lowest BCUT2D eigenvalue weighted by Gasteiger charge is -2.15. The lowest BCUT2D eigenvalue weighted by molar-refractivity contribution is -0.120. The molecule has 1 aromatic carbocycles. The second-order valence-electron chi connectivity index (χ2n) is 3.92. The summed E-state index contributed by atoms with van der Waals surface area (Å²) in [7, 11) is 1.65. The first kappa shape index (κ1) is 12.0. The van der Waals surface area contributed by atoms with Crippen molar-refractivity contribution in [1.82, 2.24) is 10.2 Å². The highest BCUT2D eigenvalue weighted by atomic mass is 32.2. The summed E-state index contributed by atoms with van der Waals surface area (Å²) in [6, 6.07) is 9.43. The highest BCUT2D eigenvalue weighted by Gasteiger charge is 2.35. The van der Waals surface area contributed by atoms with Crippen molar-refractivity contribution in [2.24, 2.45) is 0 Å². The van der Waals surface area contributed by atoms with Gasteiger partial charge in [-0.25, -0.2) is 4.79 Å². The quantitative estimate of drug-likeness (QED) is 0.823. The van der Waals surface area contributed by atoms with E-state index in [4.69, 9.17) is 0 Å². The zero-order valence-corrected chi connectivity index (χ0v) is 10.4. The van der Waals surface area contributed by atoms with Gasteiger partial charge in [-0.1, -0.05) is 30.3 Å². The first-order valence-electron chi connectivity index (χ1n) is 5.38. The van der Waals surface area contributed by atoms with Crippen LogP contribution in [0.1, 0.15) is 5.56 Å². The van der Waals surface area contributed by atoms with Crippen LogP contribution in [0.15, 0.2) is 30.3 Å². The van der Waals surface area contributed by atoms with Gasteiger partial charge in [-0.3, -0.25) is 10.1 Å². The predicted octanol–water partition coefficient (Wildman–Crippen LogP) is 1.47. The van der Waals surface area contributed by atoms with E-state index >= 15 is 0 Å². The molecule has 0 aliphatic carbocycles. The maximum Gasteiger partial charge on any atom is 0.324 e. The third-order valence-corrected chi connectivity index (χ3v) is 3.80. The summed E-state index contributed by atoms with van der Waals surface area (Å²) in [6.45, 7) is 0. The van der Waals surface area contributed by atoms with Crippen molar-refractivity contribution in [3.63, 3.8) is 0 Å². The van der Waals surface area contributed by atoms with Crippen LogP contribution >= 0.6 is 11.8 Å². The van der Waals surface area contributed by atoms with Gasteiger partial charge in [0.05, 0.1) is 0 Å². The van der Waals surface area contributed by atoms with Crippen LogP contribution in [0.3, 0.4) is 0 Å². The normalized spacial score (nSPS) is 19.6. The predicted molar refractivity (Wildman–Crippen MR) is 67.7 cm³/mol. The summed E-state index contributed by atoms with van der Waals surface area (Å²) in [6.07, 6.45) is 0. The molecule has 1 unspecified atom stereocenters. The molecule has 0 bridgehead atoms. The van der Waals surface area contributed by atoms with Crippen LogP contribution in [0.5, 0.6) is 0 Å². The van der Waals surface area contributed by atoms with E-state index in [9.17, 15) is 9.59 Å². The van der Waals surface area contributed by atoms with Crippen molar-refractivity contribution in [3.05, 3.63) is 35.9 Å². The highest BCUT2D eigenvalue weighted by molar-refractivity contribution is 7.98. The van der Waals surface area contributed by atoms with Crippen molar-refractivity contribution >= 4 is 23.7 Å². The number of hydrogen-bond donors (Lipinski definition) is 1. The summed E-state index contributed by atoms with van der Waals surface area (Å²) in [4.78, 5) is 24.1. The lowest BCUT2D eigenvalue weighted by Crippen LogP contribution is -2.33. The van der Waals surface area contributed by atoms with Crippen LogP contribution in [0.2, 0.25) is 0 Å². The summed E-state index contributed by atoms with van der Waals surface area (Å²) < 4.78 is 0. The van der Waals surface area contributed by atoms with Gasteiger partial charge in [-0.05, 0) is 5.56 Å². The van der Waals surface area contributed by atoms with Crippen molar-refractivity contribution in [3.8, 4) is 0 Å². The molecule has 1 saturated heterocycles. The molecule has 5 heteroatoms. The number of nitrogens with zero attached hydrogens (tertiary/aromatic N) is 1. The molecule has 1 aliphatic heterocycles. The van der Waals surface area contributed by atoms with Crippen LogP contribution in [-0.2, 0) is 10.5 Å². The Morgan fingerprint density at radius 3 is 2.59 bits per heavy atom. The molecule has 0 saturated carbocycles. The molecule has 1 heterocycles. The molecular weight excluding hydrogens is 236 g/mol. The van der Waals surface area contributed by atoms with Gasteiger partial charge in [0, 0.05) is 18.6 Å². The van der Waals surface area contributed by atoms with E-state index < -0.39 is 0 Å². The minimum absolute atomic E-state index is 0.196. The molecule has 4 nitrogen and oxygen atoms in total. The first-order chi connectivity index (χ1) is 8.18. The molecule has 90 valence electrons.